The minimum atomic E-state index is 0.810. The van der Waals surface area contributed by atoms with Gasteiger partial charge in [-0.3, -0.25) is 0 Å². The van der Waals surface area contributed by atoms with Crippen LogP contribution in [0.5, 0.6) is 0 Å². The molecule has 1 saturated heterocycles. The lowest BCUT2D eigenvalue weighted by Crippen LogP contribution is -2.42. The van der Waals surface area contributed by atoms with E-state index in [1.807, 2.05) is 0 Å². The van der Waals surface area contributed by atoms with Crippen molar-refractivity contribution in [3.05, 3.63) is 24.0 Å². The van der Waals surface area contributed by atoms with Crippen molar-refractivity contribution in [2.24, 2.45) is 11.8 Å². The Morgan fingerprint density at radius 3 is 3.07 bits per heavy atom. The van der Waals surface area contributed by atoms with Crippen LogP contribution in [0.25, 0.3) is 0 Å². The summed E-state index contributed by atoms with van der Waals surface area (Å²) in [5, 5.41) is 3.57. The first-order valence-electron chi connectivity index (χ1n) is 5.77. The first-order valence-corrected chi connectivity index (χ1v) is 5.77. The van der Waals surface area contributed by atoms with Crippen LogP contribution in [0.4, 0.5) is 0 Å². The molecule has 0 spiro atoms. The Kier molecular flexibility index (Phi) is 2.09. The Labute approximate surface area is 85.1 Å². The number of aromatic amines is 1. The minimum Gasteiger partial charge on any atom is -0.367 e. The zero-order valence-electron chi connectivity index (χ0n) is 8.50. The van der Waals surface area contributed by atoms with Crippen molar-refractivity contribution >= 4 is 0 Å². The molecule has 2 bridgehead atoms. The van der Waals surface area contributed by atoms with Crippen molar-refractivity contribution in [1.29, 1.82) is 0 Å². The molecule has 0 amide bonds. The molecule has 2 fully saturated rings. The Morgan fingerprint density at radius 2 is 2.21 bits per heavy atom. The maximum Gasteiger partial charge on any atom is 0.00402 e. The normalized spacial score (nSPS) is 37.0. The van der Waals surface area contributed by atoms with Crippen LogP contribution in [-0.4, -0.2) is 18.1 Å². The predicted octanol–water partition coefficient (Wildman–Crippen LogP) is 2.12. The monoisotopic (exact) mass is 190 g/mol. The van der Waals surface area contributed by atoms with Gasteiger partial charge in [0.25, 0.3) is 0 Å². The maximum absolute atomic E-state index is 3.57. The highest BCUT2D eigenvalue weighted by atomic mass is 14.9. The number of piperidine rings is 1. The maximum atomic E-state index is 3.57. The summed E-state index contributed by atoms with van der Waals surface area (Å²) in [5.41, 5.74) is 1.53. The Hall–Kier alpha value is -0.760. The number of aromatic nitrogens is 1. The molecule has 1 aliphatic carbocycles. The zero-order valence-corrected chi connectivity index (χ0v) is 8.50. The topological polar surface area (TPSA) is 27.8 Å². The molecule has 2 heteroatoms. The number of nitrogens with one attached hydrogen (secondary N) is 2. The second kappa shape index (κ2) is 3.43. The summed E-state index contributed by atoms with van der Waals surface area (Å²) < 4.78 is 0. The molecule has 76 valence electrons. The fourth-order valence-corrected chi connectivity index (χ4v) is 3.25. The minimum absolute atomic E-state index is 0.810. The first kappa shape index (κ1) is 8.54. The summed E-state index contributed by atoms with van der Waals surface area (Å²) >= 11 is 0. The van der Waals surface area contributed by atoms with Gasteiger partial charge in [-0.2, -0.15) is 0 Å². The van der Waals surface area contributed by atoms with Gasteiger partial charge in [-0.15, -0.1) is 0 Å². The van der Waals surface area contributed by atoms with E-state index in [2.05, 4.69) is 28.8 Å². The van der Waals surface area contributed by atoms with Gasteiger partial charge in [-0.05, 0) is 61.7 Å². The van der Waals surface area contributed by atoms with Crippen molar-refractivity contribution in [2.75, 3.05) is 13.1 Å². The molecule has 0 aromatic carbocycles. The first-order chi connectivity index (χ1) is 6.93. The van der Waals surface area contributed by atoms with Crippen LogP contribution in [0.3, 0.4) is 0 Å². The number of hydrogen-bond donors (Lipinski definition) is 2. The van der Waals surface area contributed by atoms with Crippen molar-refractivity contribution in [3.8, 4) is 0 Å². The molecule has 14 heavy (non-hydrogen) atoms. The standard InChI is InChI=1S/C12H18N2/c1-2-12(10-3-4-13-7-10)11-5-9(1)6-14-8-11/h3-4,7,9,11-14H,1-2,5-6,8H2. The summed E-state index contributed by atoms with van der Waals surface area (Å²) in [6.07, 6.45) is 8.49. The van der Waals surface area contributed by atoms with Crippen LogP contribution in [0, 0.1) is 11.8 Å². The molecular weight excluding hydrogens is 172 g/mol. The Morgan fingerprint density at radius 1 is 1.21 bits per heavy atom. The zero-order chi connectivity index (χ0) is 9.38. The molecule has 3 unspecified atom stereocenters. The number of fused-ring (bicyclic) bond motifs is 2. The van der Waals surface area contributed by atoms with Crippen molar-refractivity contribution in [1.82, 2.24) is 10.3 Å². The van der Waals surface area contributed by atoms with Gasteiger partial charge in [0, 0.05) is 12.4 Å². The predicted molar refractivity (Wildman–Crippen MR) is 57.2 cm³/mol. The summed E-state index contributed by atoms with van der Waals surface area (Å²) in [5.74, 6) is 2.66. The van der Waals surface area contributed by atoms with Crippen molar-refractivity contribution in [2.45, 2.75) is 25.2 Å². The lowest BCUT2D eigenvalue weighted by Gasteiger charge is -2.40. The lowest BCUT2D eigenvalue weighted by molar-refractivity contribution is 0.180. The van der Waals surface area contributed by atoms with E-state index < -0.39 is 0 Å². The average molecular weight is 190 g/mol. The number of rotatable bonds is 1. The number of hydrogen-bond acceptors (Lipinski definition) is 1. The molecule has 1 saturated carbocycles. The SMILES string of the molecule is c1cc(C2CCC3CNCC2C3)c[nH]1. The van der Waals surface area contributed by atoms with Gasteiger partial charge in [0.2, 0.25) is 0 Å². The molecule has 2 aliphatic rings. The Balaban J connectivity index is 1.80. The van der Waals surface area contributed by atoms with E-state index >= 15 is 0 Å². The van der Waals surface area contributed by atoms with E-state index in [-0.39, 0.29) is 0 Å². The van der Waals surface area contributed by atoms with Gasteiger partial charge in [-0.1, -0.05) is 0 Å². The molecule has 2 heterocycles. The highest BCUT2D eigenvalue weighted by Crippen LogP contribution is 2.41. The summed E-state index contributed by atoms with van der Waals surface area (Å²) in [6.45, 7) is 2.49. The van der Waals surface area contributed by atoms with Crippen LogP contribution in [0.1, 0.15) is 30.7 Å². The highest BCUT2D eigenvalue weighted by Gasteiger charge is 2.33. The van der Waals surface area contributed by atoms with Gasteiger partial charge in [0.15, 0.2) is 0 Å². The second-order valence-electron chi connectivity index (χ2n) is 4.85. The van der Waals surface area contributed by atoms with Crippen LogP contribution in [-0.2, 0) is 0 Å². The molecule has 2 nitrogen and oxygen atoms in total. The summed E-state index contributed by atoms with van der Waals surface area (Å²) in [4.78, 5) is 3.18. The third kappa shape index (κ3) is 1.38. The van der Waals surface area contributed by atoms with Crippen molar-refractivity contribution < 1.29 is 0 Å². The lowest BCUT2D eigenvalue weighted by atomic mass is 9.70. The van der Waals surface area contributed by atoms with Crippen LogP contribution in [0.2, 0.25) is 0 Å². The molecule has 1 aromatic heterocycles. The average Bonchev–Trinajstić information content (AvgIpc) is 2.71. The molecule has 0 radical (unpaired) electrons. The molecule has 1 aromatic rings. The third-order valence-electron chi connectivity index (χ3n) is 3.98. The quantitative estimate of drug-likeness (QED) is 0.697. The summed E-state index contributed by atoms with van der Waals surface area (Å²) in [7, 11) is 0. The van der Waals surface area contributed by atoms with Gasteiger partial charge >= 0.3 is 0 Å². The number of H-pyrrole nitrogens is 1. The molecule has 3 atom stereocenters. The van der Waals surface area contributed by atoms with E-state index in [9.17, 15) is 0 Å². The van der Waals surface area contributed by atoms with E-state index in [0.717, 1.165) is 17.8 Å². The molecule has 2 N–H and O–H groups in total. The molecule has 1 aliphatic heterocycles. The van der Waals surface area contributed by atoms with E-state index in [1.165, 1.54) is 37.9 Å². The van der Waals surface area contributed by atoms with Gasteiger partial charge in [0.05, 0.1) is 0 Å². The van der Waals surface area contributed by atoms with Crippen LogP contribution in [0.15, 0.2) is 18.5 Å². The van der Waals surface area contributed by atoms with E-state index in [1.54, 1.807) is 0 Å². The molecule has 3 rings (SSSR count). The third-order valence-corrected chi connectivity index (χ3v) is 3.98. The summed E-state index contributed by atoms with van der Waals surface area (Å²) in [6, 6.07) is 2.25. The van der Waals surface area contributed by atoms with E-state index in [0.29, 0.717) is 0 Å². The largest absolute Gasteiger partial charge is 0.367 e. The van der Waals surface area contributed by atoms with Crippen LogP contribution < -0.4 is 5.32 Å². The van der Waals surface area contributed by atoms with Crippen LogP contribution >= 0.6 is 0 Å². The highest BCUT2D eigenvalue weighted by molar-refractivity contribution is 5.17. The van der Waals surface area contributed by atoms with Gasteiger partial charge in [0.1, 0.15) is 0 Å². The Bertz CT molecular complexity index is 291. The second-order valence-corrected chi connectivity index (χ2v) is 4.85. The van der Waals surface area contributed by atoms with E-state index in [4.69, 9.17) is 0 Å². The van der Waals surface area contributed by atoms with Crippen molar-refractivity contribution in [3.63, 3.8) is 0 Å². The molecular formula is C12H18N2. The van der Waals surface area contributed by atoms with Gasteiger partial charge < -0.3 is 10.3 Å². The fourth-order valence-electron chi connectivity index (χ4n) is 3.25. The smallest absolute Gasteiger partial charge is 0.00402 e. The fraction of sp³-hybridized carbons (Fsp3) is 0.667. The van der Waals surface area contributed by atoms with Gasteiger partial charge in [-0.25, -0.2) is 0 Å².